The van der Waals surface area contributed by atoms with Gasteiger partial charge in [-0.3, -0.25) is 4.79 Å². The van der Waals surface area contributed by atoms with Gasteiger partial charge in [0.1, 0.15) is 0 Å². The number of fused-ring (bicyclic) bond motifs is 2. The second kappa shape index (κ2) is 6.06. The van der Waals surface area contributed by atoms with Crippen molar-refractivity contribution in [2.75, 3.05) is 6.54 Å². The summed E-state index contributed by atoms with van der Waals surface area (Å²) in [5.41, 5.74) is 1.13. The van der Waals surface area contributed by atoms with Gasteiger partial charge in [-0.05, 0) is 56.2 Å². The van der Waals surface area contributed by atoms with Gasteiger partial charge in [-0.2, -0.15) is 4.31 Å². The number of rotatable bonds is 3. The topological polar surface area (TPSA) is 54.5 Å². The molecular formula is C20H27NO3S. The van der Waals surface area contributed by atoms with Crippen LogP contribution in [0.15, 0.2) is 41.3 Å². The van der Waals surface area contributed by atoms with E-state index < -0.39 is 21.5 Å². The predicted octanol–water partition coefficient (Wildman–Crippen LogP) is 3.57. The number of hydrogen-bond acceptors (Lipinski definition) is 3. The number of carbonyl (C=O) groups is 1. The van der Waals surface area contributed by atoms with Gasteiger partial charge in [0.15, 0.2) is 5.78 Å². The lowest BCUT2D eigenvalue weighted by Crippen LogP contribution is -2.63. The molecule has 0 amide bonds. The Morgan fingerprint density at radius 3 is 2.40 bits per heavy atom. The van der Waals surface area contributed by atoms with E-state index in [1.807, 2.05) is 13.8 Å². The molecule has 3 atom stereocenters. The van der Waals surface area contributed by atoms with E-state index in [1.54, 1.807) is 24.3 Å². The number of aryl methyl sites for hydroxylation is 1. The molecule has 2 fully saturated rings. The molecule has 4 nitrogen and oxygen atoms in total. The van der Waals surface area contributed by atoms with Crippen molar-refractivity contribution in [1.82, 2.24) is 4.31 Å². The molecule has 1 saturated carbocycles. The maximum absolute atomic E-state index is 13.3. The van der Waals surface area contributed by atoms with Crippen molar-refractivity contribution < 1.29 is 13.2 Å². The van der Waals surface area contributed by atoms with Crippen LogP contribution in [-0.2, 0) is 14.8 Å². The standard InChI is InChI=1S/C20H27NO3S/c1-13(2)17-10-11-20(5)15(4)12-21(18(17)19(20)22)25(23,24)16-8-6-14(3)7-9-16/h6-9,13,17-18H,4,10-12H2,1-3,5H3. The lowest BCUT2D eigenvalue weighted by atomic mass is 9.60. The normalized spacial score (nSPS) is 30.8. The average molecular weight is 362 g/mol. The van der Waals surface area contributed by atoms with Crippen LogP contribution >= 0.6 is 0 Å². The Bertz CT molecular complexity index is 810. The molecule has 2 bridgehead atoms. The van der Waals surface area contributed by atoms with Crippen LogP contribution in [0, 0.1) is 24.2 Å². The summed E-state index contributed by atoms with van der Waals surface area (Å²) in [6.07, 6.45) is 1.62. The molecule has 2 aliphatic rings. The number of benzene rings is 1. The van der Waals surface area contributed by atoms with Gasteiger partial charge < -0.3 is 0 Å². The first kappa shape index (κ1) is 18.3. The Labute approximate surface area is 151 Å². The lowest BCUT2D eigenvalue weighted by Gasteiger charge is -2.52. The molecule has 3 unspecified atom stereocenters. The Hall–Kier alpha value is -1.46. The molecule has 1 heterocycles. The minimum atomic E-state index is -3.74. The average Bonchev–Trinajstić information content (AvgIpc) is 2.53. The van der Waals surface area contributed by atoms with E-state index in [2.05, 4.69) is 20.4 Å². The number of piperidine rings is 1. The third-order valence-electron chi connectivity index (χ3n) is 6.12. The molecule has 1 aromatic rings. The van der Waals surface area contributed by atoms with Crippen LogP contribution in [0.3, 0.4) is 0 Å². The molecule has 1 aliphatic carbocycles. The monoisotopic (exact) mass is 361 g/mol. The maximum atomic E-state index is 13.3. The molecule has 5 heteroatoms. The van der Waals surface area contributed by atoms with Crippen molar-refractivity contribution in [3.63, 3.8) is 0 Å². The predicted molar refractivity (Wildman–Crippen MR) is 98.7 cm³/mol. The molecule has 0 radical (unpaired) electrons. The molecule has 1 aliphatic heterocycles. The largest absolute Gasteiger partial charge is 0.297 e. The van der Waals surface area contributed by atoms with Gasteiger partial charge in [0.25, 0.3) is 0 Å². The number of carbonyl (C=O) groups excluding carboxylic acids is 1. The van der Waals surface area contributed by atoms with Crippen molar-refractivity contribution >= 4 is 15.8 Å². The fraction of sp³-hybridized carbons (Fsp3) is 0.550. The van der Waals surface area contributed by atoms with Crippen LogP contribution in [0.25, 0.3) is 0 Å². The van der Waals surface area contributed by atoms with Gasteiger partial charge in [0.05, 0.1) is 10.9 Å². The van der Waals surface area contributed by atoms with Crippen molar-refractivity contribution in [2.24, 2.45) is 17.3 Å². The van der Waals surface area contributed by atoms with Gasteiger partial charge in [-0.15, -0.1) is 0 Å². The Balaban J connectivity index is 2.09. The van der Waals surface area contributed by atoms with Crippen molar-refractivity contribution in [3.05, 3.63) is 42.0 Å². The van der Waals surface area contributed by atoms with Crippen LogP contribution in [0.2, 0.25) is 0 Å². The number of nitrogens with zero attached hydrogens (tertiary/aromatic N) is 1. The summed E-state index contributed by atoms with van der Waals surface area (Å²) < 4.78 is 28.0. The summed E-state index contributed by atoms with van der Waals surface area (Å²) in [6.45, 7) is 12.3. The number of sulfonamides is 1. The third-order valence-corrected chi connectivity index (χ3v) is 7.96. The first-order valence-corrected chi connectivity index (χ1v) is 10.3. The van der Waals surface area contributed by atoms with E-state index >= 15 is 0 Å². The second-order valence-electron chi connectivity index (χ2n) is 8.05. The highest BCUT2D eigenvalue weighted by atomic mass is 32.2. The van der Waals surface area contributed by atoms with E-state index in [9.17, 15) is 13.2 Å². The minimum absolute atomic E-state index is 0.0180. The number of hydrogen-bond donors (Lipinski definition) is 0. The maximum Gasteiger partial charge on any atom is 0.244 e. The van der Waals surface area contributed by atoms with Gasteiger partial charge >= 0.3 is 0 Å². The first-order chi connectivity index (χ1) is 11.6. The van der Waals surface area contributed by atoms with E-state index in [0.717, 1.165) is 18.4 Å². The van der Waals surface area contributed by atoms with Gasteiger partial charge in [0.2, 0.25) is 10.0 Å². The van der Waals surface area contributed by atoms with E-state index in [1.165, 1.54) is 4.31 Å². The molecule has 1 aromatic carbocycles. The summed E-state index contributed by atoms with van der Waals surface area (Å²) in [6, 6.07) is 6.24. The Kier molecular flexibility index (Phi) is 4.44. The zero-order chi connectivity index (χ0) is 18.6. The van der Waals surface area contributed by atoms with E-state index in [0.29, 0.717) is 5.57 Å². The third kappa shape index (κ3) is 2.77. The van der Waals surface area contributed by atoms with Crippen LogP contribution in [0.5, 0.6) is 0 Å². The Morgan fingerprint density at radius 1 is 1.24 bits per heavy atom. The van der Waals surface area contributed by atoms with E-state index in [-0.39, 0.29) is 29.1 Å². The fourth-order valence-corrected chi connectivity index (χ4v) is 5.82. The molecule has 1 saturated heterocycles. The van der Waals surface area contributed by atoms with Crippen LogP contribution in [0.1, 0.15) is 39.2 Å². The SMILES string of the molecule is C=C1CN(S(=O)(=O)c2ccc(C)cc2)C2C(=O)C1(C)CCC2C(C)C. The van der Waals surface area contributed by atoms with Gasteiger partial charge in [-0.1, -0.05) is 38.1 Å². The molecule has 0 aromatic heterocycles. The van der Waals surface area contributed by atoms with Crippen LogP contribution < -0.4 is 0 Å². The zero-order valence-corrected chi connectivity index (χ0v) is 16.3. The minimum Gasteiger partial charge on any atom is -0.297 e. The summed E-state index contributed by atoms with van der Waals surface area (Å²) >= 11 is 0. The fourth-order valence-electron chi connectivity index (χ4n) is 4.19. The summed E-state index contributed by atoms with van der Waals surface area (Å²) in [7, 11) is -3.74. The first-order valence-electron chi connectivity index (χ1n) is 8.90. The van der Waals surface area contributed by atoms with Crippen molar-refractivity contribution in [2.45, 2.75) is 51.5 Å². The summed E-state index contributed by atoms with van der Waals surface area (Å²) in [5, 5.41) is 0. The Morgan fingerprint density at radius 2 is 1.84 bits per heavy atom. The molecule has 0 spiro atoms. The highest BCUT2D eigenvalue weighted by Gasteiger charge is 2.56. The van der Waals surface area contributed by atoms with E-state index in [4.69, 9.17) is 0 Å². The zero-order valence-electron chi connectivity index (χ0n) is 15.5. The highest BCUT2D eigenvalue weighted by Crippen LogP contribution is 2.49. The van der Waals surface area contributed by atoms with Crippen molar-refractivity contribution in [1.29, 1.82) is 0 Å². The van der Waals surface area contributed by atoms with Crippen molar-refractivity contribution in [3.8, 4) is 0 Å². The molecule has 136 valence electrons. The number of Topliss-reactive ketones (excluding diaryl/α,β-unsaturated/α-hetero) is 1. The second-order valence-corrected chi connectivity index (χ2v) is 9.95. The smallest absolute Gasteiger partial charge is 0.244 e. The highest BCUT2D eigenvalue weighted by molar-refractivity contribution is 7.89. The quantitative estimate of drug-likeness (QED) is 0.774. The molecule has 25 heavy (non-hydrogen) atoms. The van der Waals surface area contributed by atoms with Crippen LogP contribution in [-0.4, -0.2) is 31.1 Å². The molecule has 3 rings (SSSR count). The summed E-state index contributed by atoms with van der Waals surface area (Å²) in [4.78, 5) is 13.5. The number of ketones is 1. The summed E-state index contributed by atoms with van der Waals surface area (Å²) in [5.74, 6) is 0.318. The molecular weight excluding hydrogens is 334 g/mol. The van der Waals surface area contributed by atoms with Gasteiger partial charge in [0, 0.05) is 12.0 Å². The van der Waals surface area contributed by atoms with Crippen LogP contribution in [0.4, 0.5) is 0 Å². The van der Waals surface area contributed by atoms with Gasteiger partial charge in [-0.25, -0.2) is 8.42 Å². The lowest BCUT2D eigenvalue weighted by molar-refractivity contribution is -0.139. The molecule has 0 N–H and O–H groups in total.